The second-order valence-electron chi connectivity index (χ2n) is 3.75. The molecule has 0 heterocycles. The van der Waals surface area contributed by atoms with Gasteiger partial charge in [0.15, 0.2) is 0 Å². The molecule has 0 spiro atoms. The molecule has 1 unspecified atom stereocenters. The van der Waals surface area contributed by atoms with E-state index in [9.17, 15) is 18.3 Å². The summed E-state index contributed by atoms with van der Waals surface area (Å²) in [7, 11) is 0. The Kier molecular flexibility index (Phi) is 5.10. The highest BCUT2D eigenvalue weighted by Crippen LogP contribution is 2.25. The average molecular weight is 287 g/mol. The van der Waals surface area contributed by atoms with E-state index in [4.69, 9.17) is 23.2 Å². The summed E-state index contributed by atoms with van der Waals surface area (Å²) < 4.78 is 35.8. The number of aliphatic hydroxyl groups excluding tert-OH is 1. The number of aliphatic hydroxyl groups is 1. The number of rotatable bonds is 4. The summed E-state index contributed by atoms with van der Waals surface area (Å²) in [6.45, 7) is 0. The number of hydrogen-bond donors (Lipinski definition) is 1. The Morgan fingerprint density at radius 1 is 1.24 bits per heavy atom. The van der Waals surface area contributed by atoms with Crippen LogP contribution in [0.1, 0.15) is 18.4 Å². The normalized spacial score (nSPS) is 13.8. The molecule has 17 heavy (non-hydrogen) atoms. The first-order chi connectivity index (χ1) is 7.78. The van der Waals surface area contributed by atoms with Gasteiger partial charge < -0.3 is 5.11 Å². The predicted molar refractivity (Wildman–Crippen MR) is 61.5 cm³/mol. The zero-order valence-electron chi connectivity index (χ0n) is 8.77. The molecule has 0 aliphatic carbocycles. The predicted octanol–water partition coefficient (Wildman–Crippen LogP) is 4.24. The van der Waals surface area contributed by atoms with E-state index in [1.165, 1.54) is 0 Å². The molecule has 0 bridgehead atoms. The Hall–Kier alpha value is -0.450. The average Bonchev–Trinajstić information content (AvgIpc) is 2.20. The quantitative estimate of drug-likeness (QED) is 0.878. The third-order valence-electron chi connectivity index (χ3n) is 2.22. The summed E-state index contributed by atoms with van der Waals surface area (Å²) in [5.41, 5.74) is 0.550. The lowest BCUT2D eigenvalue weighted by atomic mass is 10.0. The van der Waals surface area contributed by atoms with Crippen LogP contribution in [0.25, 0.3) is 0 Å². The van der Waals surface area contributed by atoms with Crippen LogP contribution in [-0.2, 0) is 6.42 Å². The summed E-state index contributed by atoms with van der Waals surface area (Å²) in [4.78, 5) is 0. The van der Waals surface area contributed by atoms with E-state index in [1.807, 2.05) is 0 Å². The maximum atomic E-state index is 11.9. The molecule has 0 aliphatic heterocycles. The van der Waals surface area contributed by atoms with Gasteiger partial charge in [-0.3, -0.25) is 0 Å². The van der Waals surface area contributed by atoms with Crippen LogP contribution in [0, 0.1) is 0 Å². The van der Waals surface area contributed by atoms with Crippen LogP contribution < -0.4 is 0 Å². The Morgan fingerprint density at radius 2 is 1.88 bits per heavy atom. The summed E-state index contributed by atoms with van der Waals surface area (Å²) in [6.07, 6.45) is -6.61. The van der Waals surface area contributed by atoms with Crippen LogP contribution >= 0.6 is 23.2 Å². The lowest BCUT2D eigenvalue weighted by molar-refractivity contribution is -0.139. The lowest BCUT2D eigenvalue weighted by Crippen LogP contribution is -2.16. The summed E-state index contributed by atoms with van der Waals surface area (Å²) in [6, 6.07) is 4.67. The number of alkyl halides is 3. The molecule has 0 amide bonds. The highest BCUT2D eigenvalue weighted by atomic mass is 35.5. The molecule has 1 atom stereocenters. The maximum Gasteiger partial charge on any atom is 0.389 e. The number of benzene rings is 1. The molecule has 1 nitrogen and oxygen atoms in total. The van der Waals surface area contributed by atoms with E-state index in [2.05, 4.69) is 0 Å². The molecule has 6 heteroatoms. The molecule has 0 saturated carbocycles. The van der Waals surface area contributed by atoms with Crippen molar-refractivity contribution in [2.45, 2.75) is 31.5 Å². The SMILES string of the molecule is OC(CCC(F)(F)F)Cc1cc(Cl)ccc1Cl. The van der Waals surface area contributed by atoms with E-state index < -0.39 is 18.7 Å². The zero-order chi connectivity index (χ0) is 13.1. The van der Waals surface area contributed by atoms with Gasteiger partial charge in [0.1, 0.15) is 0 Å². The topological polar surface area (TPSA) is 20.2 Å². The van der Waals surface area contributed by atoms with Crippen LogP contribution in [0.3, 0.4) is 0 Å². The molecule has 1 aromatic rings. The van der Waals surface area contributed by atoms with Crippen molar-refractivity contribution in [2.24, 2.45) is 0 Å². The van der Waals surface area contributed by atoms with Crippen LogP contribution in [0.5, 0.6) is 0 Å². The molecule has 0 aliphatic rings. The van der Waals surface area contributed by atoms with Crippen molar-refractivity contribution >= 4 is 23.2 Å². The zero-order valence-corrected chi connectivity index (χ0v) is 10.3. The summed E-state index contributed by atoms with van der Waals surface area (Å²) >= 11 is 11.6. The second-order valence-corrected chi connectivity index (χ2v) is 4.59. The van der Waals surface area contributed by atoms with Gasteiger partial charge in [0.2, 0.25) is 0 Å². The lowest BCUT2D eigenvalue weighted by Gasteiger charge is -2.13. The third kappa shape index (κ3) is 5.61. The van der Waals surface area contributed by atoms with Gasteiger partial charge in [-0.05, 0) is 36.6 Å². The van der Waals surface area contributed by atoms with Crippen LogP contribution in [0.15, 0.2) is 18.2 Å². The minimum absolute atomic E-state index is 0.0650. The molecular weight excluding hydrogens is 276 g/mol. The maximum absolute atomic E-state index is 11.9. The van der Waals surface area contributed by atoms with Crippen LogP contribution in [-0.4, -0.2) is 17.4 Å². The van der Waals surface area contributed by atoms with Crippen molar-refractivity contribution in [2.75, 3.05) is 0 Å². The highest BCUT2D eigenvalue weighted by molar-refractivity contribution is 6.33. The van der Waals surface area contributed by atoms with Gasteiger partial charge >= 0.3 is 6.18 Å². The number of hydrogen-bond acceptors (Lipinski definition) is 1. The number of halogens is 5. The highest BCUT2D eigenvalue weighted by Gasteiger charge is 2.28. The first-order valence-electron chi connectivity index (χ1n) is 4.96. The molecule has 1 N–H and O–H groups in total. The van der Waals surface area contributed by atoms with Crippen molar-refractivity contribution in [1.29, 1.82) is 0 Å². The monoisotopic (exact) mass is 286 g/mol. The molecule has 0 aromatic heterocycles. The van der Waals surface area contributed by atoms with Crippen LogP contribution in [0.4, 0.5) is 13.2 Å². The van der Waals surface area contributed by atoms with Gasteiger partial charge in [-0.1, -0.05) is 23.2 Å². The fraction of sp³-hybridized carbons (Fsp3) is 0.455. The van der Waals surface area contributed by atoms with E-state index in [-0.39, 0.29) is 12.8 Å². The summed E-state index contributed by atoms with van der Waals surface area (Å²) in [5.74, 6) is 0. The Morgan fingerprint density at radius 3 is 2.47 bits per heavy atom. The molecule has 96 valence electrons. The van der Waals surface area contributed by atoms with Gasteiger partial charge in [0, 0.05) is 16.5 Å². The molecule has 1 rings (SSSR count). The van der Waals surface area contributed by atoms with Crippen LogP contribution in [0.2, 0.25) is 10.0 Å². The Bertz CT molecular complexity index is 379. The van der Waals surface area contributed by atoms with Gasteiger partial charge in [-0.15, -0.1) is 0 Å². The Balaban J connectivity index is 2.56. The molecule has 0 fully saturated rings. The molecule has 0 saturated heterocycles. The first kappa shape index (κ1) is 14.6. The van der Waals surface area contributed by atoms with Gasteiger partial charge in [-0.2, -0.15) is 13.2 Å². The van der Waals surface area contributed by atoms with Crippen molar-refractivity contribution in [1.82, 2.24) is 0 Å². The Labute approximate surface area is 107 Å². The molecular formula is C11H11Cl2F3O. The second kappa shape index (κ2) is 5.94. The fourth-order valence-corrected chi connectivity index (χ4v) is 1.78. The van der Waals surface area contributed by atoms with Gasteiger partial charge in [0.25, 0.3) is 0 Å². The van der Waals surface area contributed by atoms with E-state index in [1.54, 1.807) is 18.2 Å². The van der Waals surface area contributed by atoms with Crippen molar-refractivity contribution < 1.29 is 18.3 Å². The first-order valence-corrected chi connectivity index (χ1v) is 5.72. The van der Waals surface area contributed by atoms with Gasteiger partial charge in [0.05, 0.1) is 6.10 Å². The minimum atomic E-state index is -4.25. The summed E-state index contributed by atoms with van der Waals surface area (Å²) in [5, 5.41) is 10.3. The van der Waals surface area contributed by atoms with Crippen molar-refractivity contribution in [3.63, 3.8) is 0 Å². The van der Waals surface area contributed by atoms with Gasteiger partial charge in [-0.25, -0.2) is 0 Å². The van der Waals surface area contributed by atoms with E-state index in [0.717, 1.165) is 0 Å². The fourth-order valence-electron chi connectivity index (χ4n) is 1.39. The molecule has 1 aromatic carbocycles. The standard InChI is InChI=1S/C11H11Cl2F3O/c12-8-1-2-10(13)7(5-8)6-9(17)3-4-11(14,15)16/h1-2,5,9,17H,3-4,6H2. The largest absolute Gasteiger partial charge is 0.393 e. The van der Waals surface area contributed by atoms with Crippen molar-refractivity contribution in [3.05, 3.63) is 33.8 Å². The molecule has 0 radical (unpaired) electrons. The van der Waals surface area contributed by atoms with E-state index >= 15 is 0 Å². The van der Waals surface area contributed by atoms with E-state index in [0.29, 0.717) is 15.6 Å². The smallest absolute Gasteiger partial charge is 0.389 e. The minimum Gasteiger partial charge on any atom is -0.393 e. The third-order valence-corrected chi connectivity index (χ3v) is 2.83. The van der Waals surface area contributed by atoms with Crippen molar-refractivity contribution in [3.8, 4) is 0 Å².